The number of esters is 1. The summed E-state index contributed by atoms with van der Waals surface area (Å²) in [6.45, 7) is 6.10. The average molecular weight is 481 g/mol. The average Bonchev–Trinajstić information content (AvgIpc) is 2.88. The number of aromatic nitrogens is 2. The fourth-order valence-corrected chi connectivity index (χ4v) is 3.84. The Balaban J connectivity index is 1.66. The minimum absolute atomic E-state index is 0.360. The summed E-state index contributed by atoms with van der Waals surface area (Å²) >= 11 is 0. The molecule has 2 aromatic rings. The van der Waals surface area contributed by atoms with Crippen molar-refractivity contribution in [3.63, 3.8) is 0 Å². The van der Waals surface area contributed by atoms with Crippen LogP contribution in [0.5, 0.6) is 5.75 Å². The number of ether oxygens (including phenoxy) is 2. The van der Waals surface area contributed by atoms with Crippen molar-refractivity contribution >= 4 is 5.97 Å². The molecule has 0 aliphatic heterocycles. The van der Waals surface area contributed by atoms with Gasteiger partial charge in [-0.2, -0.15) is 0 Å². The Kier molecular flexibility index (Phi) is 15.4. The number of rotatable bonds is 19. The summed E-state index contributed by atoms with van der Waals surface area (Å²) in [5.74, 6) is 0.600. The summed E-state index contributed by atoms with van der Waals surface area (Å²) in [5.41, 5.74) is 2.27. The highest BCUT2D eigenvalue weighted by molar-refractivity contribution is 5.83. The largest absolute Gasteiger partial charge is 0.420 e. The second-order valence-corrected chi connectivity index (χ2v) is 9.10. The van der Waals surface area contributed by atoms with E-state index in [0.29, 0.717) is 11.6 Å². The molecule has 0 atom stereocenters. The molecule has 0 aliphatic carbocycles. The first-order valence-corrected chi connectivity index (χ1v) is 13.6. The third-order valence-corrected chi connectivity index (χ3v) is 5.89. The van der Waals surface area contributed by atoms with E-state index in [4.69, 9.17) is 9.47 Å². The van der Waals surface area contributed by atoms with Crippen molar-refractivity contribution in [3.05, 3.63) is 54.4 Å². The molecule has 35 heavy (non-hydrogen) atoms. The predicted octanol–water partition coefficient (Wildman–Crippen LogP) is 7.89. The van der Waals surface area contributed by atoms with E-state index in [9.17, 15) is 4.79 Å². The number of carbonyl (C=O) groups excluding carboxylic acids is 1. The molecular weight excluding hydrogens is 436 g/mol. The molecule has 0 saturated carbocycles. The van der Waals surface area contributed by atoms with Crippen molar-refractivity contribution in [1.29, 1.82) is 0 Å². The normalized spacial score (nSPS) is 11.3. The predicted molar refractivity (Wildman–Crippen MR) is 144 cm³/mol. The zero-order valence-electron chi connectivity index (χ0n) is 21.8. The molecule has 0 fully saturated rings. The van der Waals surface area contributed by atoms with Gasteiger partial charge < -0.3 is 9.47 Å². The molecule has 0 bridgehead atoms. The highest BCUT2D eigenvalue weighted by Crippen LogP contribution is 2.18. The summed E-state index contributed by atoms with van der Waals surface area (Å²) < 4.78 is 10.8. The summed E-state index contributed by atoms with van der Waals surface area (Å²) in [7, 11) is 0. The molecule has 192 valence electrons. The molecule has 2 rings (SSSR count). The summed E-state index contributed by atoms with van der Waals surface area (Å²) in [4.78, 5) is 20.7. The van der Waals surface area contributed by atoms with E-state index in [1.807, 2.05) is 18.2 Å². The van der Waals surface area contributed by atoms with Crippen molar-refractivity contribution in [2.75, 3.05) is 13.2 Å². The quantitative estimate of drug-likeness (QED) is 0.116. The molecular formula is C30H44N2O3. The van der Waals surface area contributed by atoms with Gasteiger partial charge in [0.2, 0.25) is 0 Å². The molecule has 0 radical (unpaired) electrons. The van der Waals surface area contributed by atoms with Gasteiger partial charge in [-0.15, -0.1) is 0 Å². The van der Waals surface area contributed by atoms with Crippen LogP contribution in [0.4, 0.5) is 0 Å². The van der Waals surface area contributed by atoms with Crippen LogP contribution in [0, 0.1) is 0 Å². The lowest BCUT2D eigenvalue weighted by Gasteiger charge is -2.05. The Bertz CT molecular complexity index is 832. The first-order chi connectivity index (χ1) is 17.2. The maximum atomic E-state index is 12.0. The molecule has 1 aromatic carbocycles. The first-order valence-electron chi connectivity index (χ1n) is 13.6. The zero-order chi connectivity index (χ0) is 25.0. The Morgan fingerprint density at radius 3 is 2.20 bits per heavy atom. The number of hydrogen-bond donors (Lipinski definition) is 0. The molecule has 1 heterocycles. The van der Waals surface area contributed by atoms with Gasteiger partial charge in [-0.3, -0.25) is 0 Å². The van der Waals surface area contributed by atoms with Crippen molar-refractivity contribution in [1.82, 2.24) is 9.97 Å². The van der Waals surface area contributed by atoms with Crippen LogP contribution in [0.1, 0.15) is 96.5 Å². The standard InChI is InChI=1S/C30H44N2O3/c1-3-5-6-7-8-9-10-11-14-17-29(33)35-28-24-31-30(32-25-28)27-20-18-26(19-21-27)16-13-12-15-23-34-22-4-2/h14,17-21,24-25H,3-13,15-16,22-23H2,1-2H3/b17-14+. The van der Waals surface area contributed by atoms with Crippen molar-refractivity contribution in [2.24, 2.45) is 0 Å². The molecule has 1 aromatic heterocycles. The monoisotopic (exact) mass is 480 g/mol. The van der Waals surface area contributed by atoms with Gasteiger partial charge in [0, 0.05) is 24.9 Å². The van der Waals surface area contributed by atoms with Crippen LogP contribution >= 0.6 is 0 Å². The second kappa shape index (κ2) is 18.8. The number of carbonyl (C=O) groups is 1. The van der Waals surface area contributed by atoms with Gasteiger partial charge in [0.05, 0.1) is 12.4 Å². The zero-order valence-corrected chi connectivity index (χ0v) is 21.8. The van der Waals surface area contributed by atoms with Gasteiger partial charge in [0.25, 0.3) is 0 Å². The molecule has 5 heteroatoms. The minimum atomic E-state index is -0.384. The van der Waals surface area contributed by atoms with E-state index < -0.39 is 0 Å². The lowest BCUT2D eigenvalue weighted by molar-refractivity contribution is -0.129. The number of aryl methyl sites for hydroxylation is 1. The molecule has 0 spiro atoms. The van der Waals surface area contributed by atoms with E-state index >= 15 is 0 Å². The van der Waals surface area contributed by atoms with E-state index in [1.54, 1.807) is 12.4 Å². The van der Waals surface area contributed by atoms with E-state index in [0.717, 1.165) is 50.9 Å². The topological polar surface area (TPSA) is 61.3 Å². The van der Waals surface area contributed by atoms with Crippen LogP contribution in [-0.2, 0) is 16.0 Å². The molecule has 0 unspecified atom stereocenters. The van der Waals surface area contributed by atoms with Crippen molar-refractivity contribution in [3.8, 4) is 17.1 Å². The van der Waals surface area contributed by atoms with Crippen LogP contribution in [-0.4, -0.2) is 29.2 Å². The number of nitrogens with zero attached hydrogens (tertiary/aromatic N) is 2. The maximum absolute atomic E-state index is 12.0. The van der Waals surface area contributed by atoms with Crippen LogP contribution in [0.25, 0.3) is 11.4 Å². The lowest BCUT2D eigenvalue weighted by atomic mass is 10.0. The van der Waals surface area contributed by atoms with E-state index in [2.05, 4.69) is 35.9 Å². The van der Waals surface area contributed by atoms with E-state index in [-0.39, 0.29) is 5.97 Å². The van der Waals surface area contributed by atoms with Crippen LogP contribution in [0.2, 0.25) is 0 Å². The van der Waals surface area contributed by atoms with Gasteiger partial charge in [0.1, 0.15) is 0 Å². The minimum Gasteiger partial charge on any atom is -0.420 e. The fourth-order valence-electron chi connectivity index (χ4n) is 3.84. The number of allylic oxidation sites excluding steroid dienone is 1. The summed E-state index contributed by atoms with van der Waals surface area (Å²) in [6, 6.07) is 8.37. The van der Waals surface area contributed by atoms with Crippen molar-refractivity contribution < 1.29 is 14.3 Å². The van der Waals surface area contributed by atoms with Gasteiger partial charge in [-0.1, -0.05) is 89.1 Å². The Labute approximate surface area is 212 Å². The van der Waals surface area contributed by atoms with Gasteiger partial charge >= 0.3 is 5.97 Å². The van der Waals surface area contributed by atoms with E-state index in [1.165, 1.54) is 63.0 Å². The smallest absolute Gasteiger partial charge is 0.335 e. The van der Waals surface area contributed by atoms with Gasteiger partial charge in [-0.25, -0.2) is 14.8 Å². The third kappa shape index (κ3) is 13.2. The van der Waals surface area contributed by atoms with Crippen molar-refractivity contribution in [2.45, 2.75) is 97.3 Å². The SMILES string of the molecule is CCCCCCCCC/C=C/C(=O)Oc1cnc(-c2ccc(CCCCCOCCC)cc2)nc1. The third-order valence-electron chi connectivity index (χ3n) is 5.89. The fraction of sp³-hybridized carbons (Fsp3) is 0.567. The Morgan fingerprint density at radius 2 is 1.49 bits per heavy atom. The van der Waals surface area contributed by atoms with Gasteiger partial charge in [0.15, 0.2) is 11.6 Å². The molecule has 0 N–H and O–H groups in total. The summed E-state index contributed by atoms with van der Waals surface area (Å²) in [5, 5.41) is 0. The number of benzene rings is 1. The van der Waals surface area contributed by atoms with Crippen LogP contribution in [0.3, 0.4) is 0 Å². The highest BCUT2D eigenvalue weighted by atomic mass is 16.5. The Morgan fingerprint density at radius 1 is 0.800 bits per heavy atom. The van der Waals surface area contributed by atoms with Gasteiger partial charge in [-0.05, 0) is 44.1 Å². The van der Waals surface area contributed by atoms with Crippen LogP contribution in [0.15, 0.2) is 48.8 Å². The number of hydrogen-bond acceptors (Lipinski definition) is 5. The highest BCUT2D eigenvalue weighted by Gasteiger charge is 2.05. The first kappa shape index (κ1) is 28.7. The molecule has 0 amide bonds. The lowest BCUT2D eigenvalue weighted by Crippen LogP contribution is -2.04. The molecule has 0 aliphatic rings. The molecule has 5 nitrogen and oxygen atoms in total. The molecule has 0 saturated heterocycles. The Hall–Kier alpha value is -2.53. The second-order valence-electron chi connectivity index (χ2n) is 9.10. The van der Waals surface area contributed by atoms with Crippen LogP contribution < -0.4 is 4.74 Å². The maximum Gasteiger partial charge on any atom is 0.335 e. The summed E-state index contributed by atoms with van der Waals surface area (Å²) in [6.07, 6.45) is 21.9. The number of unbranched alkanes of at least 4 members (excludes halogenated alkanes) is 9.